The Kier molecular flexibility index (Phi) is 12.7. The number of aliphatic carboxylic acids is 1. The van der Waals surface area contributed by atoms with Gasteiger partial charge < -0.3 is 29.9 Å². The second-order valence-electron chi connectivity index (χ2n) is 8.12. The Bertz CT molecular complexity index is 893. The van der Waals surface area contributed by atoms with Gasteiger partial charge in [0, 0.05) is 26.1 Å². The highest BCUT2D eigenvalue weighted by atomic mass is 16.6. The molecule has 0 heterocycles. The second kappa shape index (κ2) is 16.1. The molecule has 9 nitrogen and oxygen atoms in total. The van der Waals surface area contributed by atoms with Crippen molar-refractivity contribution in [2.75, 3.05) is 19.6 Å². The van der Waals surface area contributed by atoms with E-state index < -0.39 is 24.3 Å². The van der Waals surface area contributed by atoms with Gasteiger partial charge in [0.1, 0.15) is 13.2 Å². The normalized spacial score (nSPS) is 11.3. The molecule has 2 aromatic carbocycles. The van der Waals surface area contributed by atoms with E-state index in [4.69, 9.17) is 14.6 Å². The van der Waals surface area contributed by atoms with Gasteiger partial charge in [-0.15, -0.1) is 0 Å². The number of hydrogen-bond donors (Lipinski definition) is 3. The number of carbonyl (C=O) groups excluding carboxylic acids is 2. The first-order valence-electron chi connectivity index (χ1n) is 11.7. The molecule has 0 saturated carbocycles. The maximum atomic E-state index is 12.6. The van der Waals surface area contributed by atoms with Crippen LogP contribution in [0.25, 0.3) is 0 Å². The first-order valence-corrected chi connectivity index (χ1v) is 11.7. The maximum Gasteiger partial charge on any atom is 0.410 e. The van der Waals surface area contributed by atoms with Crippen LogP contribution in [0, 0.1) is 0 Å². The van der Waals surface area contributed by atoms with Gasteiger partial charge in [-0.05, 0) is 30.4 Å². The summed E-state index contributed by atoms with van der Waals surface area (Å²) in [5.41, 5.74) is 1.72. The van der Waals surface area contributed by atoms with E-state index in [1.165, 1.54) is 4.90 Å². The van der Waals surface area contributed by atoms with Crippen LogP contribution >= 0.6 is 0 Å². The first-order chi connectivity index (χ1) is 16.9. The summed E-state index contributed by atoms with van der Waals surface area (Å²) >= 11 is 0. The molecule has 0 aliphatic rings. The lowest BCUT2D eigenvalue weighted by Crippen LogP contribution is -2.40. The minimum absolute atomic E-state index is 0.0350. The Hall–Kier alpha value is -3.59. The van der Waals surface area contributed by atoms with Crippen molar-refractivity contribution in [1.82, 2.24) is 10.2 Å². The molecule has 1 atom stereocenters. The van der Waals surface area contributed by atoms with Gasteiger partial charge in [-0.1, -0.05) is 67.1 Å². The van der Waals surface area contributed by atoms with E-state index in [9.17, 15) is 19.5 Å². The summed E-state index contributed by atoms with van der Waals surface area (Å²) in [6, 6.07) is 18.6. The van der Waals surface area contributed by atoms with Crippen LogP contribution in [0.5, 0.6) is 0 Å². The van der Waals surface area contributed by atoms with Crippen LogP contribution in [0.1, 0.15) is 43.2 Å². The molecular weight excluding hydrogens is 452 g/mol. The van der Waals surface area contributed by atoms with Crippen LogP contribution in [0.15, 0.2) is 60.7 Å². The van der Waals surface area contributed by atoms with Crippen molar-refractivity contribution in [3.63, 3.8) is 0 Å². The number of aliphatic hydroxyl groups is 1. The lowest BCUT2D eigenvalue weighted by molar-refractivity contribution is -0.137. The number of amides is 2. The van der Waals surface area contributed by atoms with E-state index in [1.807, 2.05) is 60.7 Å². The number of carboxylic acids is 1. The summed E-state index contributed by atoms with van der Waals surface area (Å²) in [5, 5.41) is 21.8. The molecule has 0 aliphatic heterocycles. The molecule has 0 saturated heterocycles. The molecule has 0 unspecified atom stereocenters. The molecule has 0 fully saturated rings. The highest BCUT2D eigenvalue weighted by Crippen LogP contribution is 2.09. The molecule has 0 bridgehead atoms. The Labute approximate surface area is 205 Å². The number of carbonyl (C=O) groups is 3. The largest absolute Gasteiger partial charge is 0.481 e. The summed E-state index contributed by atoms with van der Waals surface area (Å²) in [5.74, 6) is -0.852. The van der Waals surface area contributed by atoms with E-state index in [1.54, 1.807) is 0 Å². The number of benzene rings is 2. The van der Waals surface area contributed by atoms with E-state index in [-0.39, 0.29) is 39.1 Å². The van der Waals surface area contributed by atoms with Crippen molar-refractivity contribution >= 4 is 18.2 Å². The number of nitrogens with zero attached hydrogens (tertiary/aromatic N) is 1. The molecule has 190 valence electrons. The van der Waals surface area contributed by atoms with Crippen LogP contribution in [-0.2, 0) is 27.5 Å². The summed E-state index contributed by atoms with van der Waals surface area (Å²) in [6.45, 7) is 0.808. The van der Waals surface area contributed by atoms with Gasteiger partial charge in [0.05, 0.1) is 6.10 Å². The standard InChI is InChI=1S/C26H34N2O7/c29-23(15-16-27-25(32)34-19-21-10-4-1-5-11-21)18-28(17-9-3-8-14-24(30)31)26(33)35-20-22-12-6-2-7-13-22/h1-2,4-7,10-13,23,29H,3,8-9,14-20H2,(H,27,32)(H,30,31)/t23-/m1/s1. The van der Waals surface area contributed by atoms with E-state index in [2.05, 4.69) is 5.32 Å². The Morgan fingerprint density at radius 2 is 1.46 bits per heavy atom. The van der Waals surface area contributed by atoms with E-state index in [0.29, 0.717) is 25.8 Å². The zero-order valence-electron chi connectivity index (χ0n) is 19.8. The number of nitrogens with one attached hydrogen (secondary N) is 1. The predicted octanol–water partition coefficient (Wildman–Crippen LogP) is 3.95. The number of hydrogen-bond acceptors (Lipinski definition) is 6. The fourth-order valence-corrected chi connectivity index (χ4v) is 3.28. The van der Waals surface area contributed by atoms with Crippen molar-refractivity contribution in [2.24, 2.45) is 0 Å². The lowest BCUT2D eigenvalue weighted by atomic mass is 10.2. The molecule has 0 spiro atoms. The number of carboxylic acid groups (broad SMARTS) is 1. The van der Waals surface area contributed by atoms with Crippen molar-refractivity contribution in [1.29, 1.82) is 0 Å². The molecule has 3 N–H and O–H groups in total. The monoisotopic (exact) mass is 486 g/mol. The second-order valence-corrected chi connectivity index (χ2v) is 8.12. The average Bonchev–Trinajstić information content (AvgIpc) is 2.86. The quantitative estimate of drug-likeness (QED) is 0.326. The van der Waals surface area contributed by atoms with Gasteiger partial charge in [-0.2, -0.15) is 0 Å². The van der Waals surface area contributed by atoms with Crippen molar-refractivity contribution in [3.8, 4) is 0 Å². The van der Waals surface area contributed by atoms with Crippen LogP contribution in [0.3, 0.4) is 0 Å². The van der Waals surface area contributed by atoms with Gasteiger partial charge in [-0.3, -0.25) is 4.79 Å². The van der Waals surface area contributed by atoms with Crippen molar-refractivity contribution in [3.05, 3.63) is 71.8 Å². The molecule has 35 heavy (non-hydrogen) atoms. The molecule has 2 amide bonds. The summed E-state index contributed by atoms with van der Waals surface area (Å²) in [6.07, 6.45) is 0.0200. The Balaban J connectivity index is 1.75. The van der Waals surface area contributed by atoms with Crippen LogP contribution < -0.4 is 5.32 Å². The van der Waals surface area contributed by atoms with E-state index in [0.717, 1.165) is 11.1 Å². The number of aliphatic hydroxyl groups excluding tert-OH is 1. The van der Waals surface area contributed by atoms with Crippen LogP contribution in [0.4, 0.5) is 9.59 Å². The third kappa shape index (κ3) is 12.4. The van der Waals surface area contributed by atoms with Crippen molar-refractivity contribution < 1.29 is 34.1 Å². The molecule has 2 rings (SSSR count). The van der Waals surface area contributed by atoms with Crippen molar-refractivity contribution in [2.45, 2.75) is 51.4 Å². The SMILES string of the molecule is O=C(O)CCCCCN(C[C@H](O)CCNC(=O)OCc1ccccc1)C(=O)OCc1ccccc1. The topological polar surface area (TPSA) is 125 Å². The van der Waals surface area contributed by atoms with Gasteiger partial charge in [0.25, 0.3) is 0 Å². The zero-order chi connectivity index (χ0) is 25.3. The van der Waals surface area contributed by atoms with Crippen LogP contribution in [-0.4, -0.2) is 59.0 Å². The Morgan fingerprint density at radius 3 is 2.06 bits per heavy atom. The summed E-state index contributed by atoms with van der Waals surface area (Å²) < 4.78 is 10.5. The van der Waals surface area contributed by atoms with Gasteiger partial charge in [0.2, 0.25) is 0 Å². The maximum absolute atomic E-state index is 12.6. The minimum Gasteiger partial charge on any atom is -0.481 e. The average molecular weight is 487 g/mol. The minimum atomic E-state index is -0.882. The van der Waals surface area contributed by atoms with Gasteiger partial charge in [-0.25, -0.2) is 9.59 Å². The fourth-order valence-electron chi connectivity index (χ4n) is 3.28. The summed E-state index contributed by atoms with van der Waals surface area (Å²) in [4.78, 5) is 36.6. The summed E-state index contributed by atoms with van der Waals surface area (Å²) in [7, 11) is 0. The van der Waals surface area contributed by atoms with Crippen LogP contribution in [0.2, 0.25) is 0 Å². The smallest absolute Gasteiger partial charge is 0.410 e. The predicted molar refractivity (Wildman–Crippen MR) is 130 cm³/mol. The van der Waals surface area contributed by atoms with E-state index >= 15 is 0 Å². The first kappa shape index (κ1) is 27.7. The third-order valence-electron chi connectivity index (χ3n) is 5.17. The highest BCUT2D eigenvalue weighted by molar-refractivity contribution is 5.68. The molecule has 0 aromatic heterocycles. The fraction of sp³-hybridized carbons (Fsp3) is 0.423. The Morgan fingerprint density at radius 1 is 0.857 bits per heavy atom. The lowest BCUT2D eigenvalue weighted by Gasteiger charge is -2.25. The molecule has 2 aromatic rings. The number of ether oxygens (including phenoxy) is 2. The third-order valence-corrected chi connectivity index (χ3v) is 5.17. The van der Waals surface area contributed by atoms with Gasteiger partial charge in [0.15, 0.2) is 0 Å². The molecule has 0 aliphatic carbocycles. The molecular formula is C26H34N2O7. The van der Waals surface area contributed by atoms with Gasteiger partial charge >= 0.3 is 18.2 Å². The number of unbranched alkanes of at least 4 members (excludes halogenated alkanes) is 2. The highest BCUT2D eigenvalue weighted by Gasteiger charge is 2.19. The molecule has 9 heteroatoms. The molecule has 0 radical (unpaired) electrons. The number of rotatable bonds is 15. The number of alkyl carbamates (subject to hydrolysis) is 1. The zero-order valence-corrected chi connectivity index (χ0v) is 19.8.